The summed E-state index contributed by atoms with van der Waals surface area (Å²) in [6, 6.07) is 7.19. The van der Waals surface area contributed by atoms with Gasteiger partial charge in [0.2, 0.25) is 5.91 Å². The smallest absolute Gasteiger partial charge is 0.325 e. The van der Waals surface area contributed by atoms with Crippen LogP contribution in [0.4, 0.5) is 5.69 Å². The number of amides is 2. The molecule has 0 N–H and O–H groups in total. The molecule has 0 aromatic heterocycles. The molecule has 1 aromatic carbocycles. The van der Waals surface area contributed by atoms with Crippen molar-refractivity contribution in [1.82, 2.24) is 4.90 Å². The molecule has 1 aromatic rings. The van der Waals surface area contributed by atoms with Crippen molar-refractivity contribution < 1.29 is 28.6 Å². The topological polar surface area (TPSA) is 85.4 Å². The Kier molecular flexibility index (Phi) is 7.40. The van der Waals surface area contributed by atoms with Crippen LogP contribution in [0.5, 0.6) is 5.75 Å². The third kappa shape index (κ3) is 5.19. The Morgan fingerprint density at radius 3 is 2.81 bits per heavy atom. The third-order valence-electron chi connectivity index (χ3n) is 3.90. The van der Waals surface area contributed by atoms with Crippen LogP contribution < -0.4 is 9.64 Å². The number of carbonyl (C=O) groups excluding carboxylic acids is 3. The van der Waals surface area contributed by atoms with Crippen LogP contribution in [0.2, 0.25) is 0 Å². The molecule has 0 unspecified atom stereocenters. The number of rotatable bonds is 9. The molecule has 8 nitrogen and oxygen atoms in total. The molecule has 0 fully saturated rings. The number of ether oxygens (including phenoxy) is 3. The lowest BCUT2D eigenvalue weighted by atomic mass is 10.2. The molecule has 0 bridgehead atoms. The van der Waals surface area contributed by atoms with Crippen LogP contribution in [-0.2, 0) is 23.9 Å². The second-order valence-corrected chi connectivity index (χ2v) is 5.66. The van der Waals surface area contributed by atoms with Crippen LogP contribution in [0, 0.1) is 0 Å². The number of nitrogens with zero attached hydrogens (tertiary/aromatic N) is 2. The largest absolute Gasteiger partial charge is 0.482 e. The SMILES string of the molecule is CCOC(=O)CN(CCOC)C(=O)CCN1C(=O)COc2ccccc21. The summed E-state index contributed by atoms with van der Waals surface area (Å²) in [6.07, 6.45) is 0.0865. The molecule has 26 heavy (non-hydrogen) atoms. The van der Waals surface area contributed by atoms with Gasteiger partial charge in [-0.15, -0.1) is 0 Å². The lowest BCUT2D eigenvalue weighted by Crippen LogP contribution is -2.43. The van der Waals surface area contributed by atoms with E-state index < -0.39 is 5.97 Å². The predicted octanol–water partition coefficient (Wildman–Crippen LogP) is 0.840. The molecule has 0 atom stereocenters. The summed E-state index contributed by atoms with van der Waals surface area (Å²) in [7, 11) is 1.52. The highest BCUT2D eigenvalue weighted by molar-refractivity contribution is 5.98. The second kappa shape index (κ2) is 9.76. The number of anilines is 1. The Morgan fingerprint density at radius 1 is 1.31 bits per heavy atom. The quantitative estimate of drug-likeness (QED) is 0.604. The van der Waals surface area contributed by atoms with Crippen molar-refractivity contribution in [3.05, 3.63) is 24.3 Å². The first kappa shape index (κ1) is 19.7. The number of fused-ring (bicyclic) bond motifs is 1. The van der Waals surface area contributed by atoms with Crippen molar-refractivity contribution in [2.24, 2.45) is 0 Å². The summed E-state index contributed by atoms with van der Waals surface area (Å²) in [5.41, 5.74) is 0.644. The van der Waals surface area contributed by atoms with Crippen molar-refractivity contribution in [3.8, 4) is 5.75 Å². The minimum Gasteiger partial charge on any atom is -0.482 e. The molecule has 0 saturated heterocycles. The highest BCUT2D eigenvalue weighted by atomic mass is 16.5. The van der Waals surface area contributed by atoms with E-state index in [1.54, 1.807) is 25.1 Å². The van der Waals surface area contributed by atoms with Crippen LogP contribution >= 0.6 is 0 Å². The summed E-state index contributed by atoms with van der Waals surface area (Å²) >= 11 is 0. The van der Waals surface area contributed by atoms with Crippen LogP contribution in [0.3, 0.4) is 0 Å². The van der Waals surface area contributed by atoms with Gasteiger partial charge in [0.15, 0.2) is 6.61 Å². The minimum absolute atomic E-state index is 0.0541. The van der Waals surface area contributed by atoms with Gasteiger partial charge in [-0.2, -0.15) is 0 Å². The van der Waals surface area contributed by atoms with Gasteiger partial charge in [0.05, 0.1) is 18.9 Å². The van der Waals surface area contributed by atoms with E-state index in [0.717, 1.165) is 0 Å². The van der Waals surface area contributed by atoms with E-state index in [1.165, 1.54) is 16.9 Å². The van der Waals surface area contributed by atoms with Gasteiger partial charge >= 0.3 is 5.97 Å². The van der Waals surface area contributed by atoms with E-state index in [4.69, 9.17) is 14.2 Å². The van der Waals surface area contributed by atoms with Crippen molar-refractivity contribution in [3.63, 3.8) is 0 Å². The standard InChI is InChI=1S/C18H24N2O6/c1-3-25-18(23)12-19(10-11-24-2)16(21)8-9-20-14-6-4-5-7-15(14)26-13-17(20)22/h4-7H,3,8-13H2,1-2H3. The number of methoxy groups -OCH3 is 1. The van der Waals surface area contributed by atoms with Crippen molar-refractivity contribution >= 4 is 23.5 Å². The summed E-state index contributed by atoms with van der Waals surface area (Å²) in [4.78, 5) is 39.3. The predicted molar refractivity (Wildman–Crippen MR) is 94.0 cm³/mol. The normalized spacial score (nSPS) is 13.0. The van der Waals surface area contributed by atoms with Gasteiger partial charge in [0.25, 0.3) is 5.91 Å². The van der Waals surface area contributed by atoms with E-state index in [0.29, 0.717) is 18.0 Å². The summed E-state index contributed by atoms with van der Waals surface area (Å²) < 4.78 is 15.3. The average molecular weight is 364 g/mol. The van der Waals surface area contributed by atoms with Crippen LogP contribution in [0.25, 0.3) is 0 Å². The fraction of sp³-hybridized carbons (Fsp3) is 0.500. The summed E-state index contributed by atoms with van der Waals surface area (Å²) in [6.45, 7) is 2.58. The Labute approximate surface area is 152 Å². The molecule has 0 aliphatic carbocycles. The Balaban J connectivity index is 2.00. The average Bonchev–Trinajstić information content (AvgIpc) is 2.64. The highest BCUT2D eigenvalue weighted by Gasteiger charge is 2.26. The van der Waals surface area contributed by atoms with E-state index >= 15 is 0 Å². The highest BCUT2D eigenvalue weighted by Crippen LogP contribution is 2.31. The zero-order valence-corrected chi connectivity index (χ0v) is 15.1. The number of para-hydroxylation sites is 2. The van der Waals surface area contributed by atoms with Crippen LogP contribution in [-0.4, -0.2) is 69.2 Å². The molecule has 0 spiro atoms. The molecule has 142 valence electrons. The molecule has 1 heterocycles. The second-order valence-electron chi connectivity index (χ2n) is 5.66. The zero-order valence-electron chi connectivity index (χ0n) is 15.1. The molecular weight excluding hydrogens is 340 g/mol. The first-order valence-corrected chi connectivity index (χ1v) is 8.51. The zero-order chi connectivity index (χ0) is 18.9. The number of esters is 1. The molecule has 2 rings (SSSR count). The molecule has 1 aliphatic heterocycles. The third-order valence-corrected chi connectivity index (χ3v) is 3.90. The number of hydrogen-bond donors (Lipinski definition) is 0. The molecular formula is C18H24N2O6. The van der Waals surface area contributed by atoms with Crippen molar-refractivity contribution in [2.75, 3.05) is 51.5 Å². The number of hydrogen-bond acceptors (Lipinski definition) is 6. The Hall–Kier alpha value is -2.61. The van der Waals surface area contributed by atoms with Gasteiger partial charge in [0, 0.05) is 26.6 Å². The van der Waals surface area contributed by atoms with Crippen LogP contribution in [0.1, 0.15) is 13.3 Å². The van der Waals surface area contributed by atoms with E-state index in [2.05, 4.69) is 0 Å². The van der Waals surface area contributed by atoms with Gasteiger partial charge in [-0.3, -0.25) is 14.4 Å². The van der Waals surface area contributed by atoms with Crippen molar-refractivity contribution in [2.45, 2.75) is 13.3 Å². The molecule has 0 saturated carbocycles. The maximum atomic E-state index is 12.5. The monoisotopic (exact) mass is 364 g/mol. The van der Waals surface area contributed by atoms with Gasteiger partial charge in [0.1, 0.15) is 12.3 Å². The fourth-order valence-electron chi connectivity index (χ4n) is 2.62. The summed E-state index contributed by atoms with van der Waals surface area (Å²) in [5, 5.41) is 0. The maximum Gasteiger partial charge on any atom is 0.325 e. The number of benzene rings is 1. The molecule has 0 radical (unpaired) electrons. The molecule has 2 amide bonds. The minimum atomic E-state index is -0.468. The van der Waals surface area contributed by atoms with Gasteiger partial charge in [-0.1, -0.05) is 12.1 Å². The van der Waals surface area contributed by atoms with E-state index in [9.17, 15) is 14.4 Å². The summed E-state index contributed by atoms with van der Waals surface area (Å²) in [5.74, 6) is -0.302. The molecule has 8 heteroatoms. The van der Waals surface area contributed by atoms with Crippen molar-refractivity contribution in [1.29, 1.82) is 0 Å². The maximum absolute atomic E-state index is 12.5. The first-order chi connectivity index (χ1) is 12.6. The van der Waals surface area contributed by atoms with E-state index in [-0.39, 0.29) is 51.1 Å². The Morgan fingerprint density at radius 2 is 2.08 bits per heavy atom. The fourth-order valence-corrected chi connectivity index (χ4v) is 2.62. The van der Waals surface area contributed by atoms with Crippen LogP contribution in [0.15, 0.2) is 24.3 Å². The van der Waals surface area contributed by atoms with E-state index in [1.807, 2.05) is 6.07 Å². The van der Waals surface area contributed by atoms with Gasteiger partial charge < -0.3 is 24.0 Å². The van der Waals surface area contributed by atoms with Gasteiger partial charge in [-0.25, -0.2) is 0 Å². The Bertz CT molecular complexity index is 648. The molecule has 1 aliphatic rings. The number of carbonyl (C=O) groups is 3. The lowest BCUT2D eigenvalue weighted by molar-refractivity contribution is -0.149. The first-order valence-electron chi connectivity index (χ1n) is 8.51. The lowest BCUT2D eigenvalue weighted by Gasteiger charge is -2.30. The van der Waals surface area contributed by atoms with Gasteiger partial charge in [-0.05, 0) is 19.1 Å².